The topological polar surface area (TPSA) is 161 Å². The molecule has 2 heterocycles. The fraction of sp³-hybridized carbons (Fsp3) is 0.265. The minimum Gasteiger partial charge on any atom is -0.444 e. The van der Waals surface area contributed by atoms with Crippen molar-refractivity contribution in [3.05, 3.63) is 113 Å². The molecule has 14 heteroatoms. The number of amides is 3. The molecule has 0 bridgehead atoms. The van der Waals surface area contributed by atoms with Crippen LogP contribution >= 0.6 is 0 Å². The third-order valence-corrected chi connectivity index (χ3v) is 7.08. The van der Waals surface area contributed by atoms with Crippen LogP contribution in [0, 0.1) is 5.92 Å². The lowest BCUT2D eigenvalue weighted by atomic mass is 9.95. The van der Waals surface area contributed by atoms with E-state index in [2.05, 4.69) is 25.9 Å². The number of carbonyl (C=O) groups excluding carboxylic acids is 4. The number of rotatable bonds is 14. The van der Waals surface area contributed by atoms with Crippen molar-refractivity contribution in [2.75, 3.05) is 11.9 Å². The minimum atomic E-state index is -4.47. The third-order valence-electron chi connectivity index (χ3n) is 7.08. The zero-order valence-electron chi connectivity index (χ0n) is 26.2. The second-order valence-corrected chi connectivity index (χ2v) is 11.0. The number of Topliss-reactive ketones (excluding diaryl/α,β-unsaturated/α-hetero) is 1. The van der Waals surface area contributed by atoms with Crippen molar-refractivity contribution in [1.82, 2.24) is 25.2 Å². The van der Waals surface area contributed by atoms with Crippen molar-refractivity contribution < 1.29 is 32.7 Å². The lowest BCUT2D eigenvalue weighted by Crippen LogP contribution is -2.57. The predicted octanol–water partition coefficient (Wildman–Crippen LogP) is 3.76. The Balaban J connectivity index is 1.49. The second kappa shape index (κ2) is 16.2. The number of alkyl halides is 2. The predicted molar refractivity (Wildman–Crippen MR) is 172 cm³/mol. The molecule has 3 N–H and O–H groups in total. The number of benzene rings is 2. The highest BCUT2D eigenvalue weighted by atomic mass is 19.3. The van der Waals surface area contributed by atoms with Gasteiger partial charge in [0, 0.05) is 30.4 Å². The number of ether oxygens (including phenoxy) is 1. The summed E-state index contributed by atoms with van der Waals surface area (Å²) in [4.78, 5) is 73.0. The Morgan fingerprint density at radius 2 is 1.58 bits per heavy atom. The first-order valence-electron chi connectivity index (χ1n) is 15.0. The minimum absolute atomic E-state index is 0.0315. The van der Waals surface area contributed by atoms with Gasteiger partial charge in [-0.25, -0.2) is 9.78 Å². The molecule has 0 aliphatic rings. The normalized spacial score (nSPS) is 11.8. The number of anilines is 1. The summed E-state index contributed by atoms with van der Waals surface area (Å²) in [5.74, 6) is -9.91. The molecule has 0 saturated heterocycles. The fourth-order valence-corrected chi connectivity index (χ4v) is 4.58. The van der Waals surface area contributed by atoms with E-state index in [1.54, 1.807) is 78.9 Å². The van der Waals surface area contributed by atoms with Gasteiger partial charge in [-0.05, 0) is 23.6 Å². The van der Waals surface area contributed by atoms with Crippen LogP contribution in [-0.2, 0) is 38.7 Å². The van der Waals surface area contributed by atoms with Crippen LogP contribution in [0.15, 0.2) is 96.1 Å². The van der Waals surface area contributed by atoms with E-state index in [-0.39, 0.29) is 31.1 Å². The number of nitrogens with zero attached hydrogens (tertiary/aromatic N) is 3. The molecule has 0 radical (unpaired) electrons. The SMILES string of the molecule is CC(C)C(NC(=O)Cn1c(-c2ccccc2)ncc(NC(=O)OCc2ccccc2)c1=O)C(=O)C(F)(F)C(=O)NCCc1ccccn1. The Bertz CT molecular complexity index is 1790. The summed E-state index contributed by atoms with van der Waals surface area (Å²) >= 11 is 0. The summed E-state index contributed by atoms with van der Waals surface area (Å²) in [5, 5.41) is 6.62. The number of aromatic nitrogens is 3. The monoisotopic (exact) mass is 660 g/mol. The number of ketones is 1. The Morgan fingerprint density at radius 1 is 0.917 bits per heavy atom. The van der Waals surface area contributed by atoms with Crippen LogP contribution < -0.4 is 21.5 Å². The van der Waals surface area contributed by atoms with Gasteiger partial charge in [-0.1, -0.05) is 80.6 Å². The highest BCUT2D eigenvalue weighted by Gasteiger charge is 2.51. The van der Waals surface area contributed by atoms with Crippen molar-refractivity contribution in [3.63, 3.8) is 0 Å². The zero-order chi connectivity index (χ0) is 34.7. The van der Waals surface area contributed by atoms with Crippen molar-refractivity contribution in [3.8, 4) is 11.4 Å². The van der Waals surface area contributed by atoms with E-state index in [9.17, 15) is 24.0 Å². The van der Waals surface area contributed by atoms with Crippen molar-refractivity contribution in [2.24, 2.45) is 5.92 Å². The van der Waals surface area contributed by atoms with E-state index in [0.29, 0.717) is 16.8 Å². The first-order valence-corrected chi connectivity index (χ1v) is 15.0. The van der Waals surface area contributed by atoms with Crippen LogP contribution in [0.3, 0.4) is 0 Å². The summed E-state index contributed by atoms with van der Waals surface area (Å²) in [6, 6.07) is 20.4. The van der Waals surface area contributed by atoms with Gasteiger partial charge < -0.3 is 15.4 Å². The molecule has 0 aliphatic carbocycles. The molecular weight excluding hydrogens is 626 g/mol. The molecule has 12 nitrogen and oxygen atoms in total. The Labute approximate surface area is 274 Å². The fourth-order valence-electron chi connectivity index (χ4n) is 4.58. The largest absolute Gasteiger partial charge is 0.444 e. The van der Waals surface area contributed by atoms with E-state index in [1.807, 2.05) is 0 Å². The van der Waals surface area contributed by atoms with Crippen LogP contribution in [0.1, 0.15) is 25.1 Å². The molecule has 4 rings (SSSR count). The van der Waals surface area contributed by atoms with Crippen LogP contribution in [0.4, 0.5) is 19.3 Å². The molecule has 0 spiro atoms. The summed E-state index contributed by atoms with van der Waals surface area (Å²) in [5.41, 5.74) is 0.543. The summed E-state index contributed by atoms with van der Waals surface area (Å²) in [6.07, 6.45) is 1.83. The maximum atomic E-state index is 15.1. The van der Waals surface area contributed by atoms with Crippen LogP contribution in [-0.4, -0.2) is 56.7 Å². The molecule has 1 unspecified atom stereocenters. The van der Waals surface area contributed by atoms with E-state index >= 15 is 8.78 Å². The Morgan fingerprint density at radius 3 is 2.23 bits per heavy atom. The first-order chi connectivity index (χ1) is 23.0. The zero-order valence-corrected chi connectivity index (χ0v) is 26.2. The third kappa shape index (κ3) is 9.15. The number of pyridine rings is 1. The number of nitrogens with one attached hydrogen (secondary N) is 3. The highest BCUT2D eigenvalue weighted by Crippen LogP contribution is 2.21. The standard InChI is InChI=1S/C34H34F2N6O6/c1-22(2)28(29(44)34(35,36)32(46)38-18-16-25-15-9-10-17-37-25)41-27(43)20-42-30(24-13-7-4-8-14-24)39-19-26(31(42)45)40-33(47)48-21-23-11-5-3-6-12-23/h3-15,17,19,22,28H,16,18,20-21H2,1-2H3,(H,38,46)(H,40,47)(H,41,43). The Hall–Kier alpha value is -5.79. The molecule has 3 amide bonds. The maximum Gasteiger partial charge on any atom is 0.412 e. The van der Waals surface area contributed by atoms with E-state index in [1.165, 1.54) is 20.0 Å². The van der Waals surface area contributed by atoms with Gasteiger partial charge >= 0.3 is 12.0 Å². The summed E-state index contributed by atoms with van der Waals surface area (Å²) in [7, 11) is 0. The molecular formula is C34H34F2N6O6. The summed E-state index contributed by atoms with van der Waals surface area (Å²) in [6.45, 7) is 1.82. The highest BCUT2D eigenvalue weighted by molar-refractivity contribution is 6.10. The average Bonchev–Trinajstić information content (AvgIpc) is 3.09. The van der Waals surface area contributed by atoms with E-state index < -0.39 is 53.7 Å². The molecule has 2 aromatic carbocycles. The van der Waals surface area contributed by atoms with Crippen molar-refractivity contribution in [2.45, 2.75) is 45.4 Å². The van der Waals surface area contributed by atoms with Gasteiger partial charge in [-0.15, -0.1) is 0 Å². The van der Waals surface area contributed by atoms with Gasteiger partial charge in [0.15, 0.2) is 0 Å². The smallest absolute Gasteiger partial charge is 0.412 e. The molecule has 2 aromatic heterocycles. The lowest BCUT2D eigenvalue weighted by molar-refractivity contribution is -0.161. The van der Waals surface area contributed by atoms with Gasteiger partial charge in [-0.3, -0.25) is 34.0 Å². The number of hydrogen-bond acceptors (Lipinski definition) is 8. The number of halogens is 2. The lowest BCUT2D eigenvalue weighted by Gasteiger charge is -2.25. The second-order valence-electron chi connectivity index (χ2n) is 11.0. The summed E-state index contributed by atoms with van der Waals surface area (Å²) < 4.78 is 36.3. The quantitative estimate of drug-likeness (QED) is 0.172. The molecule has 0 saturated carbocycles. The van der Waals surface area contributed by atoms with E-state index in [0.717, 1.165) is 10.8 Å². The number of hydrogen-bond donors (Lipinski definition) is 3. The van der Waals surface area contributed by atoms with Crippen LogP contribution in [0.2, 0.25) is 0 Å². The van der Waals surface area contributed by atoms with Crippen molar-refractivity contribution >= 4 is 29.4 Å². The van der Waals surface area contributed by atoms with Crippen molar-refractivity contribution in [1.29, 1.82) is 0 Å². The van der Waals surface area contributed by atoms with Gasteiger partial charge in [0.1, 0.15) is 24.7 Å². The van der Waals surface area contributed by atoms with Gasteiger partial charge in [-0.2, -0.15) is 8.78 Å². The van der Waals surface area contributed by atoms with Gasteiger partial charge in [0.2, 0.25) is 11.7 Å². The van der Waals surface area contributed by atoms with Crippen LogP contribution in [0.5, 0.6) is 0 Å². The molecule has 1 atom stereocenters. The average molecular weight is 661 g/mol. The molecule has 4 aromatic rings. The number of carbonyl (C=O) groups is 4. The molecule has 0 aliphatic heterocycles. The molecule has 48 heavy (non-hydrogen) atoms. The molecule has 250 valence electrons. The van der Waals surface area contributed by atoms with Gasteiger partial charge in [0.25, 0.3) is 11.5 Å². The Kier molecular flexibility index (Phi) is 11.8. The van der Waals surface area contributed by atoms with Crippen LogP contribution in [0.25, 0.3) is 11.4 Å². The van der Waals surface area contributed by atoms with E-state index in [4.69, 9.17) is 4.74 Å². The maximum absolute atomic E-state index is 15.1. The first kappa shape index (κ1) is 35.1. The molecule has 0 fully saturated rings. The van der Waals surface area contributed by atoms with Gasteiger partial charge in [0.05, 0.1) is 12.2 Å².